The molecule has 0 saturated carbocycles. The summed E-state index contributed by atoms with van der Waals surface area (Å²) in [5.74, 6) is -0.483. The minimum absolute atomic E-state index is 0.0613. The summed E-state index contributed by atoms with van der Waals surface area (Å²) in [6.07, 6.45) is 1.86. The standard InChI is InChI=1S/C24H20FN3O3/c25-20-11-4-3-10-19(20)21-15-26-24(31-21)13-12-22(29)27-28-23(30)14-17-8-5-7-16-6-1-2-9-18(16)17/h1-11,15H,12-14H2,(H,27,29)(H,28,30). The molecule has 156 valence electrons. The van der Waals surface area contributed by atoms with Gasteiger partial charge in [0.25, 0.3) is 0 Å². The first-order chi connectivity index (χ1) is 15.1. The van der Waals surface area contributed by atoms with Crippen molar-refractivity contribution >= 4 is 22.6 Å². The van der Waals surface area contributed by atoms with E-state index in [0.717, 1.165) is 16.3 Å². The molecule has 7 heteroatoms. The van der Waals surface area contributed by atoms with Gasteiger partial charge in [-0.25, -0.2) is 9.37 Å². The Morgan fingerprint density at radius 1 is 0.903 bits per heavy atom. The number of hydrogen-bond acceptors (Lipinski definition) is 4. The lowest BCUT2D eigenvalue weighted by molar-refractivity contribution is -0.128. The zero-order valence-corrected chi connectivity index (χ0v) is 16.6. The second-order valence-corrected chi connectivity index (χ2v) is 7.01. The number of carbonyl (C=O) groups excluding carboxylic acids is 2. The van der Waals surface area contributed by atoms with Crippen LogP contribution in [0, 0.1) is 5.82 Å². The van der Waals surface area contributed by atoms with Crippen molar-refractivity contribution in [3.63, 3.8) is 0 Å². The molecule has 0 aliphatic heterocycles. The van der Waals surface area contributed by atoms with Crippen LogP contribution in [0.3, 0.4) is 0 Å². The highest BCUT2D eigenvalue weighted by molar-refractivity contribution is 5.90. The molecule has 0 saturated heterocycles. The normalized spacial score (nSPS) is 10.7. The number of nitrogens with one attached hydrogen (secondary N) is 2. The highest BCUT2D eigenvalue weighted by Crippen LogP contribution is 2.23. The highest BCUT2D eigenvalue weighted by atomic mass is 19.1. The van der Waals surface area contributed by atoms with Gasteiger partial charge in [-0.2, -0.15) is 0 Å². The van der Waals surface area contributed by atoms with Gasteiger partial charge >= 0.3 is 0 Å². The third-order valence-electron chi connectivity index (χ3n) is 4.83. The molecule has 0 unspecified atom stereocenters. The van der Waals surface area contributed by atoms with Gasteiger partial charge in [-0.05, 0) is 28.5 Å². The number of carbonyl (C=O) groups is 2. The minimum atomic E-state index is -0.406. The lowest BCUT2D eigenvalue weighted by atomic mass is 10.0. The lowest BCUT2D eigenvalue weighted by Crippen LogP contribution is -2.42. The second-order valence-electron chi connectivity index (χ2n) is 7.01. The van der Waals surface area contributed by atoms with E-state index in [0.29, 0.717) is 17.2 Å². The van der Waals surface area contributed by atoms with Gasteiger partial charge in [0.2, 0.25) is 11.8 Å². The molecule has 2 amide bonds. The summed E-state index contributed by atoms with van der Waals surface area (Å²) in [5, 5.41) is 2.05. The first-order valence-electron chi connectivity index (χ1n) is 9.84. The van der Waals surface area contributed by atoms with Crippen molar-refractivity contribution in [3.05, 3.63) is 90.2 Å². The van der Waals surface area contributed by atoms with Crippen molar-refractivity contribution in [2.75, 3.05) is 0 Å². The van der Waals surface area contributed by atoms with Gasteiger partial charge < -0.3 is 4.42 Å². The number of fused-ring (bicyclic) bond motifs is 1. The maximum atomic E-state index is 13.8. The van der Waals surface area contributed by atoms with Crippen molar-refractivity contribution < 1.29 is 18.4 Å². The summed E-state index contributed by atoms with van der Waals surface area (Å²) in [6.45, 7) is 0. The average molecular weight is 417 g/mol. The first kappa shape index (κ1) is 20.3. The Labute approximate surface area is 178 Å². The van der Waals surface area contributed by atoms with Crippen LogP contribution in [0.4, 0.5) is 4.39 Å². The Hall–Kier alpha value is -4.00. The summed E-state index contributed by atoms with van der Waals surface area (Å²) in [4.78, 5) is 28.4. The number of halogens is 1. The molecule has 1 heterocycles. The van der Waals surface area contributed by atoms with Gasteiger partial charge in [-0.1, -0.05) is 54.6 Å². The van der Waals surface area contributed by atoms with Crippen LogP contribution in [0.1, 0.15) is 17.9 Å². The predicted molar refractivity (Wildman–Crippen MR) is 114 cm³/mol. The molecular formula is C24H20FN3O3. The fourth-order valence-corrected chi connectivity index (χ4v) is 3.30. The van der Waals surface area contributed by atoms with Gasteiger partial charge in [0.05, 0.1) is 18.2 Å². The van der Waals surface area contributed by atoms with Crippen LogP contribution in [0.15, 0.2) is 77.3 Å². The van der Waals surface area contributed by atoms with E-state index >= 15 is 0 Å². The number of nitrogens with zero attached hydrogens (tertiary/aromatic N) is 1. The van der Waals surface area contributed by atoms with Crippen LogP contribution in [-0.2, 0) is 22.4 Å². The number of rotatable bonds is 6. The Morgan fingerprint density at radius 3 is 2.52 bits per heavy atom. The summed E-state index contributed by atoms with van der Waals surface area (Å²) in [5.41, 5.74) is 6.02. The minimum Gasteiger partial charge on any atom is -0.441 e. The zero-order chi connectivity index (χ0) is 21.6. The SMILES string of the molecule is O=C(CCc1ncc(-c2ccccc2F)o1)NNC(=O)Cc1cccc2ccccc12. The van der Waals surface area contributed by atoms with Crippen molar-refractivity contribution in [3.8, 4) is 11.3 Å². The molecule has 0 fully saturated rings. The van der Waals surface area contributed by atoms with E-state index in [1.54, 1.807) is 18.2 Å². The maximum absolute atomic E-state index is 13.8. The van der Waals surface area contributed by atoms with E-state index in [-0.39, 0.29) is 31.1 Å². The van der Waals surface area contributed by atoms with Crippen LogP contribution in [0.5, 0.6) is 0 Å². The number of aryl methyl sites for hydroxylation is 1. The smallest absolute Gasteiger partial charge is 0.242 e. The quantitative estimate of drug-likeness (QED) is 0.465. The molecule has 0 spiro atoms. The van der Waals surface area contributed by atoms with Crippen molar-refractivity contribution in [2.45, 2.75) is 19.3 Å². The van der Waals surface area contributed by atoms with Crippen molar-refractivity contribution in [2.24, 2.45) is 0 Å². The van der Waals surface area contributed by atoms with E-state index in [9.17, 15) is 14.0 Å². The van der Waals surface area contributed by atoms with Crippen LogP contribution in [0.2, 0.25) is 0 Å². The van der Waals surface area contributed by atoms with Crippen LogP contribution >= 0.6 is 0 Å². The average Bonchev–Trinajstić information content (AvgIpc) is 3.26. The monoisotopic (exact) mass is 417 g/mol. The molecule has 4 aromatic rings. The van der Waals surface area contributed by atoms with Gasteiger partial charge in [0.1, 0.15) is 5.82 Å². The summed E-state index contributed by atoms with van der Waals surface area (Å²) in [6, 6.07) is 19.8. The Balaban J connectivity index is 1.27. The molecule has 2 N–H and O–H groups in total. The molecule has 31 heavy (non-hydrogen) atoms. The summed E-state index contributed by atoms with van der Waals surface area (Å²) < 4.78 is 19.4. The maximum Gasteiger partial charge on any atom is 0.242 e. The third-order valence-corrected chi connectivity index (χ3v) is 4.83. The van der Waals surface area contributed by atoms with Gasteiger partial charge in [-0.15, -0.1) is 0 Å². The fourth-order valence-electron chi connectivity index (χ4n) is 3.30. The van der Waals surface area contributed by atoms with Crippen LogP contribution in [-0.4, -0.2) is 16.8 Å². The number of aromatic nitrogens is 1. The number of amides is 2. The molecule has 4 rings (SSSR count). The number of hydrogen-bond donors (Lipinski definition) is 2. The van der Waals surface area contributed by atoms with Gasteiger partial charge in [-0.3, -0.25) is 20.4 Å². The molecule has 0 aliphatic carbocycles. The Morgan fingerprint density at radius 2 is 1.65 bits per heavy atom. The molecular weight excluding hydrogens is 397 g/mol. The van der Waals surface area contributed by atoms with Crippen molar-refractivity contribution in [1.29, 1.82) is 0 Å². The molecule has 0 atom stereocenters. The van der Waals surface area contributed by atoms with Crippen molar-refractivity contribution in [1.82, 2.24) is 15.8 Å². The second kappa shape index (κ2) is 9.21. The zero-order valence-electron chi connectivity index (χ0n) is 16.6. The summed E-state index contributed by atoms with van der Waals surface area (Å²) >= 11 is 0. The van der Waals surface area contributed by atoms with Gasteiger partial charge in [0.15, 0.2) is 11.7 Å². The number of hydrazine groups is 1. The third kappa shape index (κ3) is 4.95. The topological polar surface area (TPSA) is 84.2 Å². The lowest BCUT2D eigenvalue weighted by Gasteiger charge is -2.09. The predicted octanol–water partition coefficient (Wildman–Crippen LogP) is 3.96. The Kier molecular flexibility index (Phi) is 6.03. The molecule has 0 bridgehead atoms. The Bertz CT molecular complexity index is 1230. The molecule has 3 aromatic carbocycles. The van der Waals surface area contributed by atoms with E-state index in [1.807, 2.05) is 42.5 Å². The summed E-state index contributed by atoms with van der Waals surface area (Å²) in [7, 11) is 0. The van der Waals surface area contributed by atoms with E-state index in [1.165, 1.54) is 12.3 Å². The molecule has 6 nitrogen and oxygen atoms in total. The number of oxazole rings is 1. The van der Waals surface area contributed by atoms with E-state index in [2.05, 4.69) is 15.8 Å². The molecule has 1 aromatic heterocycles. The van der Waals surface area contributed by atoms with Gasteiger partial charge in [0, 0.05) is 12.8 Å². The molecule has 0 aliphatic rings. The highest BCUT2D eigenvalue weighted by Gasteiger charge is 2.13. The van der Waals surface area contributed by atoms with E-state index < -0.39 is 5.82 Å². The largest absolute Gasteiger partial charge is 0.441 e. The van der Waals surface area contributed by atoms with Crippen LogP contribution < -0.4 is 10.9 Å². The molecule has 0 radical (unpaired) electrons. The van der Waals surface area contributed by atoms with E-state index in [4.69, 9.17) is 4.42 Å². The van der Waals surface area contributed by atoms with Crippen LogP contribution in [0.25, 0.3) is 22.1 Å². The first-order valence-corrected chi connectivity index (χ1v) is 9.84. The fraction of sp³-hybridized carbons (Fsp3) is 0.125. The number of benzene rings is 3.